The van der Waals surface area contributed by atoms with Crippen LogP contribution in [0, 0.1) is 5.92 Å². The van der Waals surface area contributed by atoms with Crippen LogP contribution < -0.4 is 14.8 Å². The van der Waals surface area contributed by atoms with Crippen molar-refractivity contribution < 1.29 is 22.7 Å². The number of rotatable bonds is 7. The number of benzene rings is 2. The van der Waals surface area contributed by atoms with Gasteiger partial charge < -0.3 is 14.8 Å². The highest BCUT2D eigenvalue weighted by Crippen LogP contribution is 2.34. The third kappa shape index (κ3) is 5.42. The van der Waals surface area contributed by atoms with Gasteiger partial charge in [0.2, 0.25) is 5.91 Å². The van der Waals surface area contributed by atoms with Crippen molar-refractivity contribution >= 4 is 27.3 Å². The lowest BCUT2D eigenvalue weighted by atomic mass is 9.95. The van der Waals surface area contributed by atoms with Crippen molar-refractivity contribution in [1.29, 1.82) is 0 Å². The predicted molar refractivity (Wildman–Crippen MR) is 111 cm³/mol. The van der Waals surface area contributed by atoms with Crippen LogP contribution in [0.5, 0.6) is 11.5 Å². The van der Waals surface area contributed by atoms with E-state index in [1.165, 1.54) is 24.3 Å². The van der Waals surface area contributed by atoms with Gasteiger partial charge in [-0.15, -0.1) is 0 Å². The summed E-state index contributed by atoms with van der Waals surface area (Å²) in [5, 5.41) is 3.41. The van der Waals surface area contributed by atoms with Gasteiger partial charge in [0.15, 0.2) is 21.3 Å². The van der Waals surface area contributed by atoms with E-state index in [-0.39, 0.29) is 34.9 Å². The smallest absolute Gasteiger partial charge is 0.221 e. The SMILES string of the molecule is CC(C)[C@@H](NC(=O)CCS(=O)(=O)c1ccc(Cl)cc1)c1ccc2c(c1)OCCO2. The van der Waals surface area contributed by atoms with Crippen molar-refractivity contribution in [2.75, 3.05) is 19.0 Å². The second kappa shape index (κ2) is 9.05. The molecule has 0 spiro atoms. The average Bonchev–Trinajstić information content (AvgIpc) is 2.70. The molecule has 1 N–H and O–H groups in total. The van der Waals surface area contributed by atoms with Crippen molar-refractivity contribution in [2.24, 2.45) is 5.92 Å². The maximum atomic E-state index is 12.5. The number of halogens is 1. The quantitative estimate of drug-likeness (QED) is 0.712. The Kier molecular flexibility index (Phi) is 6.70. The maximum absolute atomic E-state index is 12.5. The molecule has 0 aromatic heterocycles. The molecule has 0 bridgehead atoms. The fraction of sp³-hybridized carbons (Fsp3) is 0.381. The fourth-order valence-corrected chi connectivity index (χ4v) is 4.49. The molecule has 1 heterocycles. The Balaban J connectivity index is 1.66. The molecule has 1 atom stereocenters. The summed E-state index contributed by atoms with van der Waals surface area (Å²) in [4.78, 5) is 12.7. The lowest BCUT2D eigenvalue weighted by Crippen LogP contribution is -2.33. The van der Waals surface area contributed by atoms with E-state index in [4.69, 9.17) is 21.1 Å². The highest BCUT2D eigenvalue weighted by atomic mass is 35.5. The lowest BCUT2D eigenvalue weighted by molar-refractivity contribution is -0.121. The number of carbonyl (C=O) groups is 1. The van der Waals surface area contributed by atoms with Crippen molar-refractivity contribution in [3.8, 4) is 11.5 Å². The van der Waals surface area contributed by atoms with Gasteiger partial charge in [-0.25, -0.2) is 8.42 Å². The van der Waals surface area contributed by atoms with E-state index in [2.05, 4.69) is 5.32 Å². The van der Waals surface area contributed by atoms with Gasteiger partial charge in [0.25, 0.3) is 0 Å². The topological polar surface area (TPSA) is 81.7 Å². The zero-order chi connectivity index (χ0) is 21.0. The fourth-order valence-electron chi connectivity index (χ4n) is 3.12. The molecule has 2 aromatic carbocycles. The summed E-state index contributed by atoms with van der Waals surface area (Å²) in [6, 6.07) is 11.2. The van der Waals surface area contributed by atoms with E-state index in [0.717, 1.165) is 5.56 Å². The van der Waals surface area contributed by atoms with Crippen LogP contribution in [0.1, 0.15) is 31.9 Å². The van der Waals surface area contributed by atoms with Gasteiger partial charge in [0.05, 0.1) is 16.7 Å². The van der Waals surface area contributed by atoms with E-state index in [9.17, 15) is 13.2 Å². The molecule has 0 saturated carbocycles. The van der Waals surface area contributed by atoms with Gasteiger partial charge in [-0.05, 0) is 47.9 Å². The Bertz CT molecular complexity index is 973. The van der Waals surface area contributed by atoms with Crippen LogP contribution in [0.3, 0.4) is 0 Å². The first kappa shape index (κ1) is 21.5. The number of amides is 1. The van der Waals surface area contributed by atoms with Crippen molar-refractivity contribution in [1.82, 2.24) is 5.32 Å². The van der Waals surface area contributed by atoms with Gasteiger partial charge in [-0.2, -0.15) is 0 Å². The minimum Gasteiger partial charge on any atom is -0.486 e. The predicted octanol–water partition coefficient (Wildman–Crippen LogP) is 3.79. The molecule has 156 valence electrons. The van der Waals surface area contributed by atoms with Crippen LogP contribution in [0.25, 0.3) is 0 Å². The second-order valence-corrected chi connectivity index (χ2v) is 9.76. The normalized spacial score (nSPS) is 14.5. The zero-order valence-electron chi connectivity index (χ0n) is 16.4. The molecule has 1 aliphatic rings. The van der Waals surface area contributed by atoms with Crippen LogP contribution in [0.2, 0.25) is 5.02 Å². The Labute approximate surface area is 176 Å². The molecular weight excluding hydrogens is 414 g/mol. The van der Waals surface area contributed by atoms with E-state index in [0.29, 0.717) is 29.7 Å². The van der Waals surface area contributed by atoms with Crippen LogP contribution in [-0.2, 0) is 14.6 Å². The van der Waals surface area contributed by atoms with Crippen LogP contribution >= 0.6 is 11.6 Å². The van der Waals surface area contributed by atoms with Gasteiger partial charge in [0.1, 0.15) is 13.2 Å². The van der Waals surface area contributed by atoms with Crippen molar-refractivity contribution in [3.05, 3.63) is 53.1 Å². The molecule has 0 aliphatic carbocycles. The van der Waals surface area contributed by atoms with E-state index < -0.39 is 9.84 Å². The number of sulfone groups is 1. The number of carbonyl (C=O) groups excluding carboxylic acids is 1. The van der Waals surface area contributed by atoms with E-state index >= 15 is 0 Å². The Hall–Kier alpha value is -2.25. The maximum Gasteiger partial charge on any atom is 0.221 e. The first-order chi connectivity index (χ1) is 13.8. The van der Waals surface area contributed by atoms with Crippen LogP contribution in [-0.4, -0.2) is 33.3 Å². The first-order valence-electron chi connectivity index (χ1n) is 9.43. The number of fused-ring (bicyclic) bond motifs is 1. The minimum absolute atomic E-state index is 0.106. The monoisotopic (exact) mass is 437 g/mol. The molecule has 8 heteroatoms. The molecular formula is C21H24ClNO5S. The summed E-state index contributed by atoms with van der Waals surface area (Å²) in [5.74, 6) is 0.847. The summed E-state index contributed by atoms with van der Waals surface area (Å²) in [6.45, 7) is 4.98. The molecule has 0 unspecified atom stereocenters. The largest absolute Gasteiger partial charge is 0.486 e. The lowest BCUT2D eigenvalue weighted by Gasteiger charge is -2.25. The molecule has 3 rings (SSSR count). The average molecular weight is 438 g/mol. The summed E-state index contributed by atoms with van der Waals surface area (Å²) < 4.78 is 36.0. The summed E-state index contributed by atoms with van der Waals surface area (Å²) in [6.07, 6.45) is -0.126. The highest BCUT2D eigenvalue weighted by Gasteiger charge is 2.23. The number of ether oxygens (including phenoxy) is 2. The molecule has 0 fully saturated rings. The highest BCUT2D eigenvalue weighted by molar-refractivity contribution is 7.91. The summed E-state index contributed by atoms with van der Waals surface area (Å²) >= 11 is 5.80. The molecule has 6 nitrogen and oxygen atoms in total. The standard InChI is InChI=1S/C21H24ClNO5S/c1-14(2)21(15-3-8-18-19(13-15)28-11-10-27-18)23-20(24)9-12-29(25,26)17-6-4-16(22)5-7-17/h3-8,13-14,21H,9-12H2,1-2H3,(H,23,24)/t21-/m1/s1. The number of hydrogen-bond donors (Lipinski definition) is 1. The van der Waals surface area contributed by atoms with Gasteiger partial charge in [-0.3, -0.25) is 4.79 Å². The summed E-state index contributed by atoms with van der Waals surface area (Å²) in [7, 11) is -3.56. The van der Waals surface area contributed by atoms with Crippen molar-refractivity contribution in [2.45, 2.75) is 31.2 Å². The minimum atomic E-state index is -3.56. The third-order valence-electron chi connectivity index (χ3n) is 4.68. The van der Waals surface area contributed by atoms with Crippen LogP contribution in [0.15, 0.2) is 47.4 Å². The van der Waals surface area contributed by atoms with Gasteiger partial charge in [0, 0.05) is 11.4 Å². The summed E-state index contributed by atoms with van der Waals surface area (Å²) in [5.41, 5.74) is 0.887. The van der Waals surface area contributed by atoms with E-state index in [1.54, 1.807) is 0 Å². The number of hydrogen-bond acceptors (Lipinski definition) is 5. The Morgan fingerprint density at radius 3 is 2.38 bits per heavy atom. The third-order valence-corrected chi connectivity index (χ3v) is 6.66. The molecule has 1 aliphatic heterocycles. The van der Waals surface area contributed by atoms with Crippen LogP contribution in [0.4, 0.5) is 0 Å². The van der Waals surface area contributed by atoms with E-state index in [1.807, 2.05) is 32.0 Å². The first-order valence-corrected chi connectivity index (χ1v) is 11.5. The molecule has 2 aromatic rings. The van der Waals surface area contributed by atoms with Gasteiger partial charge >= 0.3 is 0 Å². The Morgan fingerprint density at radius 2 is 1.72 bits per heavy atom. The molecule has 29 heavy (non-hydrogen) atoms. The van der Waals surface area contributed by atoms with Crippen molar-refractivity contribution in [3.63, 3.8) is 0 Å². The van der Waals surface area contributed by atoms with Gasteiger partial charge in [-0.1, -0.05) is 31.5 Å². The molecule has 0 saturated heterocycles. The molecule has 0 radical (unpaired) electrons. The molecule has 1 amide bonds. The number of nitrogens with one attached hydrogen (secondary N) is 1. The Morgan fingerprint density at radius 1 is 1.07 bits per heavy atom. The zero-order valence-corrected chi connectivity index (χ0v) is 17.9. The second-order valence-electron chi connectivity index (χ2n) is 7.22.